The van der Waals surface area contributed by atoms with Gasteiger partial charge < -0.3 is 9.42 Å². The molecule has 1 saturated carbocycles. The standard InChI is InChI=1S/C12H17N3O2/c1-8(16)15-6-10(7-15)12-13-11(14-17-12)5-9-3-2-4-9/h9-10H,2-7H2,1H3. The molecular weight excluding hydrogens is 218 g/mol. The van der Waals surface area contributed by atoms with Crippen molar-refractivity contribution in [3.63, 3.8) is 0 Å². The highest BCUT2D eigenvalue weighted by Crippen LogP contribution is 2.30. The number of hydrogen-bond donors (Lipinski definition) is 0. The summed E-state index contributed by atoms with van der Waals surface area (Å²) in [6.07, 6.45) is 4.88. The molecule has 0 unspecified atom stereocenters. The molecule has 0 N–H and O–H groups in total. The fourth-order valence-corrected chi connectivity index (χ4v) is 2.36. The van der Waals surface area contributed by atoms with Crippen molar-refractivity contribution in [2.45, 2.75) is 38.5 Å². The second kappa shape index (κ2) is 4.13. The minimum absolute atomic E-state index is 0.121. The molecule has 17 heavy (non-hydrogen) atoms. The Kier molecular flexibility index (Phi) is 2.61. The minimum atomic E-state index is 0.121. The molecule has 92 valence electrons. The van der Waals surface area contributed by atoms with Gasteiger partial charge in [-0.1, -0.05) is 24.4 Å². The number of aromatic nitrogens is 2. The summed E-state index contributed by atoms with van der Waals surface area (Å²) in [5.41, 5.74) is 0. The van der Waals surface area contributed by atoms with Gasteiger partial charge in [0.05, 0.1) is 5.92 Å². The molecule has 1 aromatic rings. The fourth-order valence-electron chi connectivity index (χ4n) is 2.36. The molecule has 5 nitrogen and oxygen atoms in total. The predicted octanol–water partition coefficient (Wildman–Crippen LogP) is 1.36. The maximum atomic E-state index is 11.1. The van der Waals surface area contributed by atoms with Gasteiger partial charge in [0.25, 0.3) is 0 Å². The third-order valence-corrected chi connectivity index (χ3v) is 3.86. The molecule has 5 heteroatoms. The fraction of sp³-hybridized carbons (Fsp3) is 0.750. The first-order valence-electron chi connectivity index (χ1n) is 6.30. The van der Waals surface area contributed by atoms with Gasteiger partial charge in [-0.3, -0.25) is 4.79 Å². The van der Waals surface area contributed by atoms with Crippen LogP contribution in [0.5, 0.6) is 0 Å². The Bertz CT molecular complexity index is 419. The highest BCUT2D eigenvalue weighted by Gasteiger charge is 2.34. The van der Waals surface area contributed by atoms with Gasteiger partial charge >= 0.3 is 0 Å². The van der Waals surface area contributed by atoms with E-state index in [0.717, 1.165) is 31.3 Å². The van der Waals surface area contributed by atoms with E-state index < -0.39 is 0 Å². The van der Waals surface area contributed by atoms with E-state index in [-0.39, 0.29) is 11.8 Å². The second-order valence-electron chi connectivity index (χ2n) is 5.17. The van der Waals surface area contributed by atoms with Crippen molar-refractivity contribution in [1.29, 1.82) is 0 Å². The Morgan fingerprint density at radius 1 is 1.47 bits per heavy atom. The first-order chi connectivity index (χ1) is 8.22. The Morgan fingerprint density at radius 3 is 2.82 bits per heavy atom. The number of rotatable bonds is 3. The van der Waals surface area contributed by atoms with Crippen LogP contribution in [0.25, 0.3) is 0 Å². The van der Waals surface area contributed by atoms with Gasteiger partial charge in [0.15, 0.2) is 5.82 Å². The van der Waals surface area contributed by atoms with Gasteiger partial charge in [0.2, 0.25) is 11.8 Å². The SMILES string of the molecule is CC(=O)N1CC(c2nc(CC3CCC3)no2)C1. The molecule has 1 aliphatic heterocycles. The normalized spacial score (nSPS) is 21.1. The van der Waals surface area contributed by atoms with E-state index in [1.165, 1.54) is 19.3 Å². The summed E-state index contributed by atoms with van der Waals surface area (Å²) in [5, 5.41) is 4.02. The van der Waals surface area contributed by atoms with E-state index in [2.05, 4.69) is 10.1 Å². The number of likely N-dealkylation sites (tertiary alicyclic amines) is 1. The lowest BCUT2D eigenvalue weighted by molar-refractivity contribution is -0.133. The third-order valence-electron chi connectivity index (χ3n) is 3.86. The van der Waals surface area contributed by atoms with Crippen molar-refractivity contribution in [2.24, 2.45) is 5.92 Å². The van der Waals surface area contributed by atoms with Crippen LogP contribution in [0.2, 0.25) is 0 Å². The van der Waals surface area contributed by atoms with Gasteiger partial charge in [0.1, 0.15) is 0 Å². The van der Waals surface area contributed by atoms with E-state index in [4.69, 9.17) is 4.52 Å². The van der Waals surface area contributed by atoms with Gasteiger partial charge in [-0.05, 0) is 5.92 Å². The van der Waals surface area contributed by atoms with E-state index in [9.17, 15) is 4.79 Å². The summed E-state index contributed by atoms with van der Waals surface area (Å²) < 4.78 is 5.27. The zero-order valence-electron chi connectivity index (χ0n) is 10.1. The first kappa shape index (κ1) is 10.7. The van der Waals surface area contributed by atoms with Gasteiger partial charge in [-0.2, -0.15) is 4.98 Å². The molecule has 0 atom stereocenters. The van der Waals surface area contributed by atoms with Gasteiger partial charge in [-0.25, -0.2) is 0 Å². The summed E-state index contributed by atoms with van der Waals surface area (Å²) in [6, 6.07) is 0. The van der Waals surface area contributed by atoms with Crippen LogP contribution in [0.15, 0.2) is 4.52 Å². The Hall–Kier alpha value is -1.39. The molecule has 1 amide bonds. The molecule has 0 spiro atoms. The molecule has 0 bridgehead atoms. The molecule has 0 aromatic carbocycles. The number of amides is 1. The van der Waals surface area contributed by atoms with Crippen LogP contribution in [0, 0.1) is 5.92 Å². The highest BCUT2D eigenvalue weighted by molar-refractivity contribution is 5.74. The number of hydrogen-bond acceptors (Lipinski definition) is 4. The zero-order chi connectivity index (χ0) is 11.8. The number of nitrogens with zero attached hydrogens (tertiary/aromatic N) is 3. The van der Waals surface area contributed by atoms with Crippen molar-refractivity contribution in [3.05, 3.63) is 11.7 Å². The quantitative estimate of drug-likeness (QED) is 0.793. The smallest absolute Gasteiger partial charge is 0.233 e. The highest BCUT2D eigenvalue weighted by atomic mass is 16.5. The van der Waals surface area contributed by atoms with Gasteiger partial charge in [-0.15, -0.1) is 0 Å². The zero-order valence-corrected chi connectivity index (χ0v) is 10.1. The van der Waals surface area contributed by atoms with Crippen LogP contribution >= 0.6 is 0 Å². The lowest BCUT2D eigenvalue weighted by Crippen LogP contribution is -2.47. The molecule has 1 aromatic heterocycles. The van der Waals surface area contributed by atoms with E-state index in [1.807, 2.05) is 0 Å². The topological polar surface area (TPSA) is 59.2 Å². The molecule has 2 aliphatic rings. The van der Waals surface area contributed by atoms with E-state index >= 15 is 0 Å². The van der Waals surface area contributed by atoms with Crippen molar-refractivity contribution < 1.29 is 9.32 Å². The first-order valence-corrected chi connectivity index (χ1v) is 6.30. The maximum absolute atomic E-state index is 11.1. The average molecular weight is 235 g/mol. The predicted molar refractivity (Wildman–Crippen MR) is 60.3 cm³/mol. The summed E-state index contributed by atoms with van der Waals surface area (Å²) in [7, 11) is 0. The maximum Gasteiger partial charge on any atom is 0.233 e. The lowest BCUT2D eigenvalue weighted by atomic mass is 9.83. The second-order valence-corrected chi connectivity index (χ2v) is 5.17. The van der Waals surface area contributed by atoms with Crippen molar-refractivity contribution in [2.75, 3.05) is 13.1 Å². The summed E-state index contributed by atoms with van der Waals surface area (Å²) in [5.74, 6) is 2.68. The van der Waals surface area contributed by atoms with Crippen LogP contribution < -0.4 is 0 Å². The molecular formula is C12H17N3O2. The Labute approximate surface area is 100 Å². The molecule has 2 fully saturated rings. The molecule has 3 rings (SSSR count). The minimum Gasteiger partial charge on any atom is -0.341 e. The lowest BCUT2D eigenvalue weighted by Gasteiger charge is -2.36. The van der Waals surface area contributed by atoms with Crippen molar-refractivity contribution in [3.8, 4) is 0 Å². The van der Waals surface area contributed by atoms with Crippen LogP contribution in [-0.2, 0) is 11.2 Å². The summed E-state index contributed by atoms with van der Waals surface area (Å²) in [4.78, 5) is 17.3. The van der Waals surface area contributed by atoms with Crippen molar-refractivity contribution >= 4 is 5.91 Å². The van der Waals surface area contributed by atoms with Crippen LogP contribution in [0.3, 0.4) is 0 Å². The number of carbonyl (C=O) groups is 1. The Morgan fingerprint density at radius 2 is 2.24 bits per heavy atom. The monoisotopic (exact) mass is 235 g/mol. The summed E-state index contributed by atoms with van der Waals surface area (Å²) in [6.45, 7) is 3.03. The van der Waals surface area contributed by atoms with Crippen LogP contribution in [-0.4, -0.2) is 34.0 Å². The third kappa shape index (κ3) is 2.06. The largest absolute Gasteiger partial charge is 0.341 e. The van der Waals surface area contributed by atoms with Crippen LogP contribution in [0.4, 0.5) is 0 Å². The number of carbonyl (C=O) groups excluding carboxylic acids is 1. The van der Waals surface area contributed by atoms with Gasteiger partial charge in [0, 0.05) is 26.4 Å². The van der Waals surface area contributed by atoms with Crippen LogP contribution in [0.1, 0.15) is 43.8 Å². The van der Waals surface area contributed by atoms with E-state index in [0.29, 0.717) is 5.89 Å². The van der Waals surface area contributed by atoms with Crippen molar-refractivity contribution in [1.82, 2.24) is 15.0 Å². The Balaban J connectivity index is 1.56. The molecule has 2 heterocycles. The summed E-state index contributed by atoms with van der Waals surface area (Å²) >= 11 is 0. The van der Waals surface area contributed by atoms with E-state index in [1.54, 1.807) is 11.8 Å². The molecule has 1 saturated heterocycles. The average Bonchev–Trinajstić information content (AvgIpc) is 2.57. The molecule has 0 radical (unpaired) electrons. The molecule has 1 aliphatic carbocycles.